The van der Waals surface area contributed by atoms with Gasteiger partial charge < -0.3 is 4.52 Å². The first kappa shape index (κ1) is 12.8. The Morgan fingerprint density at radius 3 is 2.90 bits per heavy atom. The lowest BCUT2D eigenvalue weighted by Gasteiger charge is -2.00. The van der Waals surface area contributed by atoms with Crippen molar-refractivity contribution in [2.45, 2.75) is 6.42 Å². The highest BCUT2D eigenvalue weighted by Crippen LogP contribution is 2.22. The summed E-state index contributed by atoms with van der Waals surface area (Å²) in [4.78, 5) is 11.2. The van der Waals surface area contributed by atoms with Crippen LogP contribution in [0.15, 0.2) is 58.4 Å². The number of rotatable bonds is 4. The van der Waals surface area contributed by atoms with Crippen LogP contribution < -0.4 is 0 Å². The van der Waals surface area contributed by atoms with E-state index in [1.807, 2.05) is 30.3 Å². The van der Waals surface area contributed by atoms with E-state index in [9.17, 15) is 0 Å². The Hall–Kier alpha value is -3.18. The molecule has 7 nitrogen and oxygen atoms in total. The third kappa shape index (κ3) is 2.88. The van der Waals surface area contributed by atoms with Crippen molar-refractivity contribution in [2.24, 2.45) is 5.11 Å². The molecule has 0 unspecified atom stereocenters. The van der Waals surface area contributed by atoms with E-state index >= 15 is 0 Å². The third-order valence-corrected chi connectivity index (χ3v) is 2.87. The number of hydrogen-bond donors (Lipinski definition) is 0. The monoisotopic (exact) mass is 278 g/mol. The Morgan fingerprint density at radius 2 is 2.10 bits per heavy atom. The summed E-state index contributed by atoms with van der Waals surface area (Å²) in [5, 5.41) is 7.58. The number of aromatic nitrogens is 3. The standard InChI is InChI=1S/C14H10N6O/c15-20-18-12-6-2-1-4-10(12)8-13-17-14(19-21-13)11-5-3-7-16-9-11/h1-7,9H,8H2. The van der Waals surface area contributed by atoms with Crippen molar-refractivity contribution in [3.63, 3.8) is 0 Å². The largest absolute Gasteiger partial charge is 0.339 e. The predicted octanol–water partition coefficient (Wildman–Crippen LogP) is 3.66. The fraction of sp³-hybridized carbons (Fsp3) is 0.0714. The van der Waals surface area contributed by atoms with Crippen LogP contribution in [-0.2, 0) is 6.42 Å². The number of hydrogen-bond acceptors (Lipinski definition) is 5. The lowest BCUT2D eigenvalue weighted by molar-refractivity contribution is 0.386. The van der Waals surface area contributed by atoms with Crippen LogP contribution in [0.1, 0.15) is 11.5 Å². The molecule has 3 rings (SSSR count). The van der Waals surface area contributed by atoms with E-state index in [2.05, 4.69) is 25.2 Å². The van der Waals surface area contributed by atoms with Crippen molar-refractivity contribution in [2.75, 3.05) is 0 Å². The molecular formula is C14H10N6O. The fourth-order valence-electron chi connectivity index (χ4n) is 1.91. The molecule has 0 saturated heterocycles. The highest BCUT2D eigenvalue weighted by atomic mass is 16.5. The summed E-state index contributed by atoms with van der Waals surface area (Å²) in [5.74, 6) is 0.939. The Morgan fingerprint density at radius 1 is 1.19 bits per heavy atom. The van der Waals surface area contributed by atoms with E-state index in [-0.39, 0.29) is 0 Å². The lowest BCUT2D eigenvalue weighted by Crippen LogP contribution is -1.89. The zero-order valence-corrected chi connectivity index (χ0v) is 10.9. The van der Waals surface area contributed by atoms with Crippen LogP contribution in [0.3, 0.4) is 0 Å². The van der Waals surface area contributed by atoms with E-state index < -0.39 is 0 Å². The van der Waals surface area contributed by atoms with Gasteiger partial charge in [0.2, 0.25) is 11.7 Å². The molecule has 21 heavy (non-hydrogen) atoms. The number of pyridine rings is 1. The smallest absolute Gasteiger partial charge is 0.231 e. The maximum Gasteiger partial charge on any atom is 0.231 e. The number of nitrogens with zero attached hydrogens (tertiary/aromatic N) is 6. The number of benzene rings is 1. The minimum Gasteiger partial charge on any atom is -0.339 e. The van der Waals surface area contributed by atoms with Gasteiger partial charge in [0.1, 0.15) is 0 Å². The molecule has 3 aromatic rings. The first-order valence-corrected chi connectivity index (χ1v) is 6.23. The van der Waals surface area contributed by atoms with Crippen LogP contribution in [0.2, 0.25) is 0 Å². The average Bonchev–Trinajstić information content (AvgIpc) is 2.99. The van der Waals surface area contributed by atoms with E-state index in [0.29, 0.717) is 23.8 Å². The third-order valence-electron chi connectivity index (χ3n) is 2.87. The van der Waals surface area contributed by atoms with Crippen molar-refractivity contribution in [3.05, 3.63) is 70.7 Å². The van der Waals surface area contributed by atoms with Crippen LogP contribution >= 0.6 is 0 Å². The number of azide groups is 1. The van der Waals surface area contributed by atoms with Gasteiger partial charge in [0, 0.05) is 28.6 Å². The van der Waals surface area contributed by atoms with Gasteiger partial charge in [0.15, 0.2) is 0 Å². The molecule has 0 aliphatic heterocycles. The molecule has 0 radical (unpaired) electrons. The van der Waals surface area contributed by atoms with Crippen LogP contribution in [0.5, 0.6) is 0 Å². The molecule has 0 aliphatic rings. The highest BCUT2D eigenvalue weighted by molar-refractivity contribution is 5.52. The van der Waals surface area contributed by atoms with E-state index in [1.165, 1.54) is 0 Å². The summed E-state index contributed by atoms with van der Waals surface area (Å²) in [6.07, 6.45) is 3.76. The molecule has 2 aromatic heterocycles. The molecule has 0 spiro atoms. The average molecular weight is 278 g/mol. The zero-order valence-electron chi connectivity index (χ0n) is 10.9. The van der Waals surface area contributed by atoms with Gasteiger partial charge in [-0.3, -0.25) is 4.98 Å². The Labute approximate surface area is 119 Å². The topological polar surface area (TPSA) is 101 Å². The maximum absolute atomic E-state index is 8.56. The minimum absolute atomic E-state index is 0.405. The fourth-order valence-corrected chi connectivity index (χ4v) is 1.91. The van der Waals surface area contributed by atoms with E-state index in [1.54, 1.807) is 18.5 Å². The molecule has 0 fully saturated rings. The van der Waals surface area contributed by atoms with Gasteiger partial charge >= 0.3 is 0 Å². The van der Waals surface area contributed by atoms with Crippen molar-refractivity contribution in [1.29, 1.82) is 0 Å². The lowest BCUT2D eigenvalue weighted by atomic mass is 10.1. The second-order valence-electron chi connectivity index (χ2n) is 4.25. The molecule has 0 saturated carbocycles. The minimum atomic E-state index is 0.405. The maximum atomic E-state index is 8.56. The first-order valence-electron chi connectivity index (χ1n) is 6.23. The summed E-state index contributed by atoms with van der Waals surface area (Å²) in [6.45, 7) is 0. The van der Waals surface area contributed by atoms with E-state index in [0.717, 1.165) is 11.1 Å². The Bertz CT molecular complexity index is 792. The zero-order chi connectivity index (χ0) is 14.5. The summed E-state index contributed by atoms with van der Waals surface area (Å²) < 4.78 is 5.23. The van der Waals surface area contributed by atoms with E-state index in [4.69, 9.17) is 10.1 Å². The summed E-state index contributed by atoms with van der Waals surface area (Å²) >= 11 is 0. The quantitative estimate of drug-likeness (QED) is 0.412. The van der Waals surface area contributed by atoms with Crippen LogP contribution in [0.25, 0.3) is 21.8 Å². The van der Waals surface area contributed by atoms with Crippen LogP contribution in [0, 0.1) is 0 Å². The van der Waals surface area contributed by atoms with Gasteiger partial charge in [0.05, 0.1) is 6.42 Å². The molecule has 0 bridgehead atoms. The summed E-state index contributed by atoms with van der Waals surface area (Å²) in [5.41, 5.74) is 10.7. The molecule has 1 aromatic carbocycles. The van der Waals surface area contributed by atoms with Crippen LogP contribution in [-0.4, -0.2) is 15.1 Å². The predicted molar refractivity (Wildman–Crippen MR) is 75.6 cm³/mol. The molecule has 0 atom stereocenters. The molecule has 7 heteroatoms. The molecule has 0 amide bonds. The first-order chi connectivity index (χ1) is 10.4. The van der Waals surface area contributed by atoms with Crippen molar-refractivity contribution in [3.8, 4) is 11.4 Å². The van der Waals surface area contributed by atoms with Crippen LogP contribution in [0.4, 0.5) is 5.69 Å². The molecule has 102 valence electrons. The van der Waals surface area contributed by atoms with Crippen molar-refractivity contribution >= 4 is 5.69 Å². The van der Waals surface area contributed by atoms with Crippen molar-refractivity contribution < 1.29 is 4.52 Å². The Kier molecular flexibility index (Phi) is 3.58. The normalized spacial score (nSPS) is 10.1. The second-order valence-corrected chi connectivity index (χ2v) is 4.25. The molecular weight excluding hydrogens is 268 g/mol. The highest BCUT2D eigenvalue weighted by Gasteiger charge is 2.10. The SMILES string of the molecule is [N-]=[N+]=Nc1ccccc1Cc1nc(-c2cccnc2)no1. The van der Waals surface area contributed by atoms with Gasteiger partial charge in [-0.25, -0.2) is 0 Å². The molecule has 2 heterocycles. The Balaban J connectivity index is 1.87. The molecule has 0 aliphatic carbocycles. The van der Waals surface area contributed by atoms with Gasteiger partial charge in [-0.2, -0.15) is 4.98 Å². The van der Waals surface area contributed by atoms with Crippen molar-refractivity contribution in [1.82, 2.24) is 15.1 Å². The van der Waals surface area contributed by atoms with Gasteiger partial charge in [0.25, 0.3) is 0 Å². The summed E-state index contributed by atoms with van der Waals surface area (Å²) in [6, 6.07) is 10.9. The second kappa shape index (κ2) is 5.85. The van der Waals surface area contributed by atoms with Gasteiger partial charge in [-0.1, -0.05) is 34.5 Å². The van der Waals surface area contributed by atoms with Gasteiger partial charge in [-0.05, 0) is 23.2 Å². The van der Waals surface area contributed by atoms with Gasteiger partial charge in [-0.15, -0.1) is 0 Å². The molecule has 0 N–H and O–H groups in total. The summed E-state index contributed by atoms with van der Waals surface area (Å²) in [7, 11) is 0.